The normalized spacial score (nSPS) is 10.9. The zero-order valence-electron chi connectivity index (χ0n) is 17.2. The number of nitrogens with zero attached hydrogens (tertiary/aromatic N) is 2. The molecule has 9 heteroatoms. The molecular weight excluding hydrogens is 420 g/mol. The number of carbonyl (C=O) groups is 1. The number of carbonyl (C=O) groups excluding carboxylic acids is 1. The molecular formula is C22H20N2O6S. The summed E-state index contributed by atoms with van der Waals surface area (Å²) in [6.07, 6.45) is 0. The van der Waals surface area contributed by atoms with Crippen LogP contribution in [0.1, 0.15) is 23.0 Å². The zero-order chi connectivity index (χ0) is 21.8. The number of benzene rings is 2. The molecule has 0 aliphatic heterocycles. The molecule has 4 rings (SSSR count). The second kappa shape index (κ2) is 9.13. The van der Waals surface area contributed by atoms with Gasteiger partial charge in [-0.15, -0.1) is 10.2 Å². The average Bonchev–Trinajstić information content (AvgIpc) is 3.42. The molecule has 4 aromatic rings. The van der Waals surface area contributed by atoms with Gasteiger partial charge in [0.25, 0.3) is 5.22 Å². The van der Waals surface area contributed by atoms with E-state index in [-0.39, 0.29) is 6.61 Å². The second-order valence-electron chi connectivity index (χ2n) is 6.38. The van der Waals surface area contributed by atoms with Gasteiger partial charge in [-0.05, 0) is 25.1 Å². The van der Waals surface area contributed by atoms with E-state index in [0.29, 0.717) is 56.2 Å². The second-order valence-corrected chi connectivity index (χ2v) is 7.31. The lowest BCUT2D eigenvalue weighted by atomic mass is 10.1. The van der Waals surface area contributed by atoms with Crippen molar-refractivity contribution in [2.24, 2.45) is 0 Å². The Morgan fingerprint density at radius 3 is 2.48 bits per heavy atom. The van der Waals surface area contributed by atoms with Gasteiger partial charge in [0.05, 0.1) is 26.6 Å². The van der Waals surface area contributed by atoms with Crippen molar-refractivity contribution in [1.82, 2.24) is 10.2 Å². The van der Waals surface area contributed by atoms with Crippen molar-refractivity contribution >= 4 is 28.7 Å². The van der Waals surface area contributed by atoms with E-state index in [1.165, 1.54) is 11.8 Å². The number of aromatic nitrogens is 2. The molecule has 2 aromatic heterocycles. The number of ether oxygens (including phenoxy) is 3. The molecule has 0 amide bonds. The number of methoxy groups -OCH3 is 2. The van der Waals surface area contributed by atoms with Crippen LogP contribution in [-0.2, 0) is 10.5 Å². The number of esters is 1. The lowest BCUT2D eigenvalue weighted by molar-refractivity contribution is 0.0526. The smallest absolute Gasteiger partial charge is 0.342 e. The van der Waals surface area contributed by atoms with Gasteiger partial charge in [0.1, 0.15) is 28.4 Å². The number of thioether (sulfide) groups is 1. The number of rotatable bonds is 8. The fourth-order valence-electron chi connectivity index (χ4n) is 3.07. The molecule has 31 heavy (non-hydrogen) atoms. The van der Waals surface area contributed by atoms with E-state index in [9.17, 15) is 4.79 Å². The third-order valence-corrected chi connectivity index (χ3v) is 5.30. The van der Waals surface area contributed by atoms with E-state index >= 15 is 0 Å². The number of para-hydroxylation sites is 1. The lowest BCUT2D eigenvalue weighted by Gasteiger charge is -2.05. The van der Waals surface area contributed by atoms with Crippen LogP contribution in [0.4, 0.5) is 0 Å². The standard InChI is InChI=1S/C22H20N2O6S/c1-4-28-21(25)19-16-7-5-6-8-17(16)29-18(19)12-31-22-24-23-20(30-22)13-9-14(26-2)11-15(10-13)27-3/h5-11H,4,12H2,1-3H3. The van der Waals surface area contributed by atoms with Crippen LogP contribution < -0.4 is 9.47 Å². The first-order chi connectivity index (χ1) is 15.1. The van der Waals surface area contributed by atoms with Crippen molar-refractivity contribution in [3.8, 4) is 23.0 Å². The number of hydrogen-bond donors (Lipinski definition) is 0. The zero-order valence-corrected chi connectivity index (χ0v) is 18.0. The Labute approximate surface area is 182 Å². The molecule has 0 bridgehead atoms. The summed E-state index contributed by atoms with van der Waals surface area (Å²) in [6.45, 7) is 2.05. The number of hydrogen-bond acceptors (Lipinski definition) is 9. The Morgan fingerprint density at radius 1 is 1.03 bits per heavy atom. The summed E-state index contributed by atoms with van der Waals surface area (Å²) in [5, 5.41) is 9.25. The van der Waals surface area contributed by atoms with Crippen LogP contribution in [0.15, 0.2) is 56.5 Å². The highest BCUT2D eigenvalue weighted by molar-refractivity contribution is 7.98. The topological polar surface area (TPSA) is 96.8 Å². The van der Waals surface area contributed by atoms with E-state index in [1.807, 2.05) is 24.3 Å². The van der Waals surface area contributed by atoms with Crippen molar-refractivity contribution in [2.75, 3.05) is 20.8 Å². The largest absolute Gasteiger partial charge is 0.497 e. The molecule has 0 aliphatic rings. The fourth-order valence-corrected chi connectivity index (χ4v) is 3.76. The molecule has 0 radical (unpaired) electrons. The fraction of sp³-hybridized carbons (Fsp3) is 0.227. The molecule has 0 fully saturated rings. The molecule has 0 aliphatic carbocycles. The molecule has 0 atom stereocenters. The summed E-state index contributed by atoms with van der Waals surface area (Å²) in [7, 11) is 3.14. The maximum atomic E-state index is 12.5. The summed E-state index contributed by atoms with van der Waals surface area (Å²) in [5.41, 5.74) is 1.71. The van der Waals surface area contributed by atoms with Crippen LogP contribution in [0, 0.1) is 0 Å². The molecule has 0 unspecified atom stereocenters. The Morgan fingerprint density at radius 2 is 1.77 bits per heavy atom. The third kappa shape index (κ3) is 4.36. The molecule has 0 saturated heterocycles. The highest BCUT2D eigenvalue weighted by Crippen LogP contribution is 2.34. The Kier molecular flexibility index (Phi) is 6.13. The van der Waals surface area contributed by atoms with Crippen molar-refractivity contribution in [3.05, 3.63) is 53.8 Å². The summed E-state index contributed by atoms with van der Waals surface area (Å²) in [4.78, 5) is 12.5. The molecule has 160 valence electrons. The highest BCUT2D eigenvalue weighted by atomic mass is 32.2. The minimum atomic E-state index is -0.419. The van der Waals surface area contributed by atoms with E-state index in [1.54, 1.807) is 39.3 Å². The molecule has 8 nitrogen and oxygen atoms in total. The van der Waals surface area contributed by atoms with Crippen molar-refractivity contribution < 1.29 is 27.8 Å². The van der Waals surface area contributed by atoms with Gasteiger partial charge in [0.15, 0.2) is 0 Å². The van der Waals surface area contributed by atoms with Crippen LogP contribution in [-0.4, -0.2) is 37.0 Å². The molecule has 0 spiro atoms. The predicted octanol–water partition coefficient (Wildman–Crippen LogP) is 4.97. The minimum Gasteiger partial charge on any atom is -0.497 e. The van der Waals surface area contributed by atoms with Gasteiger partial charge in [-0.1, -0.05) is 30.0 Å². The molecule has 0 saturated carbocycles. The van der Waals surface area contributed by atoms with Gasteiger partial charge < -0.3 is 23.0 Å². The van der Waals surface area contributed by atoms with Crippen molar-refractivity contribution in [1.29, 1.82) is 0 Å². The van der Waals surface area contributed by atoms with Gasteiger partial charge in [-0.3, -0.25) is 0 Å². The quantitative estimate of drug-likeness (QED) is 0.278. The summed E-state index contributed by atoms with van der Waals surface area (Å²) < 4.78 is 27.5. The molecule has 0 N–H and O–H groups in total. The lowest BCUT2D eigenvalue weighted by Crippen LogP contribution is -2.06. The van der Waals surface area contributed by atoms with Crippen molar-refractivity contribution in [2.45, 2.75) is 17.9 Å². The van der Waals surface area contributed by atoms with E-state index in [2.05, 4.69) is 10.2 Å². The first-order valence-electron chi connectivity index (χ1n) is 9.50. The number of furan rings is 1. The van der Waals surface area contributed by atoms with Crippen LogP contribution in [0.5, 0.6) is 11.5 Å². The van der Waals surface area contributed by atoms with Gasteiger partial charge in [0, 0.05) is 17.0 Å². The Hall–Kier alpha value is -3.46. The van der Waals surface area contributed by atoms with Crippen molar-refractivity contribution in [3.63, 3.8) is 0 Å². The first kappa shape index (κ1) is 20.8. The summed E-state index contributed by atoms with van der Waals surface area (Å²) >= 11 is 1.27. The number of fused-ring (bicyclic) bond motifs is 1. The van der Waals surface area contributed by atoms with Gasteiger partial charge in [-0.2, -0.15) is 0 Å². The minimum absolute atomic E-state index is 0.280. The molecule has 2 aromatic carbocycles. The van der Waals surface area contributed by atoms with Crippen LogP contribution in [0.3, 0.4) is 0 Å². The van der Waals surface area contributed by atoms with E-state index in [4.69, 9.17) is 23.0 Å². The van der Waals surface area contributed by atoms with E-state index < -0.39 is 5.97 Å². The van der Waals surface area contributed by atoms with Gasteiger partial charge in [-0.25, -0.2) is 4.79 Å². The first-order valence-corrected chi connectivity index (χ1v) is 10.5. The SMILES string of the molecule is CCOC(=O)c1c(CSc2nnc(-c3cc(OC)cc(OC)c3)o2)oc2ccccc12. The van der Waals surface area contributed by atoms with E-state index in [0.717, 1.165) is 0 Å². The van der Waals surface area contributed by atoms with Crippen LogP contribution in [0.2, 0.25) is 0 Å². The highest BCUT2D eigenvalue weighted by Gasteiger charge is 2.22. The Balaban J connectivity index is 1.58. The van der Waals surface area contributed by atoms with Crippen LogP contribution >= 0.6 is 11.8 Å². The summed E-state index contributed by atoms with van der Waals surface area (Å²) in [6, 6.07) is 12.7. The Bertz CT molecular complexity index is 1190. The third-order valence-electron chi connectivity index (χ3n) is 4.48. The molecule has 2 heterocycles. The maximum absolute atomic E-state index is 12.5. The van der Waals surface area contributed by atoms with Gasteiger partial charge >= 0.3 is 5.97 Å². The van der Waals surface area contributed by atoms with Gasteiger partial charge in [0.2, 0.25) is 5.89 Å². The van der Waals surface area contributed by atoms with Crippen LogP contribution in [0.25, 0.3) is 22.4 Å². The predicted molar refractivity (Wildman–Crippen MR) is 115 cm³/mol. The maximum Gasteiger partial charge on any atom is 0.342 e. The summed E-state index contributed by atoms with van der Waals surface area (Å²) in [5.74, 6) is 1.96. The average molecular weight is 440 g/mol. The monoisotopic (exact) mass is 440 g/mol.